The molecule has 1 N–H and O–H groups in total. The van der Waals surface area contributed by atoms with Gasteiger partial charge in [-0.2, -0.15) is 0 Å². The topological polar surface area (TPSA) is 75.0 Å². The maximum Gasteiger partial charge on any atom is 0.256 e. The molecule has 0 amide bonds. The van der Waals surface area contributed by atoms with E-state index in [0.717, 1.165) is 47.0 Å². The number of aryl methyl sites for hydroxylation is 1. The van der Waals surface area contributed by atoms with Gasteiger partial charge in [-0.25, -0.2) is 9.97 Å². The molecule has 0 atom stereocenters. The predicted molar refractivity (Wildman–Crippen MR) is 113 cm³/mol. The van der Waals surface area contributed by atoms with Crippen molar-refractivity contribution in [1.82, 2.24) is 19.9 Å². The van der Waals surface area contributed by atoms with E-state index in [9.17, 15) is 4.79 Å². The van der Waals surface area contributed by atoms with Gasteiger partial charge >= 0.3 is 0 Å². The number of benzene rings is 1. The van der Waals surface area contributed by atoms with Crippen LogP contribution >= 0.6 is 11.3 Å². The Bertz CT molecular complexity index is 1200. The number of aromatic nitrogens is 3. The van der Waals surface area contributed by atoms with Crippen LogP contribution in [0.2, 0.25) is 0 Å². The minimum Gasteiger partial charge on any atom is -0.461 e. The van der Waals surface area contributed by atoms with Crippen LogP contribution in [-0.4, -0.2) is 26.4 Å². The molecule has 1 aliphatic rings. The van der Waals surface area contributed by atoms with E-state index in [2.05, 4.69) is 33.9 Å². The Kier molecular flexibility index (Phi) is 4.61. The number of fused-ring (bicyclic) bond motifs is 1. The zero-order chi connectivity index (χ0) is 19.8. The zero-order valence-electron chi connectivity index (χ0n) is 16.0. The van der Waals surface area contributed by atoms with E-state index in [0.29, 0.717) is 18.1 Å². The lowest BCUT2D eigenvalue weighted by Gasteiger charge is -2.27. The van der Waals surface area contributed by atoms with Gasteiger partial charge in [-0.3, -0.25) is 9.69 Å². The second kappa shape index (κ2) is 7.42. The largest absolute Gasteiger partial charge is 0.461 e. The van der Waals surface area contributed by atoms with E-state index < -0.39 is 0 Å². The first-order valence-electron chi connectivity index (χ1n) is 9.57. The molecule has 0 spiro atoms. The highest BCUT2D eigenvalue weighted by Crippen LogP contribution is 2.29. The lowest BCUT2D eigenvalue weighted by molar-refractivity contribution is 0.243. The third-order valence-electron chi connectivity index (χ3n) is 5.18. The highest BCUT2D eigenvalue weighted by atomic mass is 32.1. The summed E-state index contributed by atoms with van der Waals surface area (Å²) in [5.74, 6) is 1.08. The predicted octanol–water partition coefficient (Wildman–Crippen LogP) is 4.02. The Hall–Kier alpha value is -3.03. The Morgan fingerprint density at radius 1 is 1.17 bits per heavy atom. The van der Waals surface area contributed by atoms with Crippen LogP contribution in [0.5, 0.6) is 0 Å². The molecule has 6 nitrogen and oxygen atoms in total. The quantitative estimate of drug-likeness (QED) is 0.556. The molecule has 1 aliphatic heterocycles. The summed E-state index contributed by atoms with van der Waals surface area (Å²) in [6, 6.07) is 13.8. The minimum absolute atomic E-state index is 0.0860. The fourth-order valence-corrected chi connectivity index (χ4v) is 4.74. The van der Waals surface area contributed by atoms with E-state index >= 15 is 0 Å². The average Bonchev–Trinajstić information content (AvgIpc) is 3.40. The summed E-state index contributed by atoms with van der Waals surface area (Å²) in [7, 11) is 0. The molecule has 4 heterocycles. The van der Waals surface area contributed by atoms with Gasteiger partial charge in [-0.1, -0.05) is 30.3 Å². The van der Waals surface area contributed by atoms with Gasteiger partial charge in [-0.15, -0.1) is 11.3 Å². The van der Waals surface area contributed by atoms with Crippen molar-refractivity contribution in [3.05, 3.63) is 80.9 Å². The van der Waals surface area contributed by atoms with Crippen molar-refractivity contribution in [3.8, 4) is 22.2 Å². The van der Waals surface area contributed by atoms with Crippen LogP contribution in [0, 0.1) is 6.92 Å². The van der Waals surface area contributed by atoms with E-state index in [1.807, 2.05) is 18.2 Å². The van der Waals surface area contributed by atoms with Gasteiger partial charge in [0.25, 0.3) is 5.56 Å². The van der Waals surface area contributed by atoms with Gasteiger partial charge in [0.1, 0.15) is 5.01 Å². The fraction of sp³-hybridized carbons (Fsp3) is 0.227. The third-order valence-corrected chi connectivity index (χ3v) is 6.37. The number of furan rings is 1. The van der Waals surface area contributed by atoms with Crippen molar-refractivity contribution in [2.75, 3.05) is 6.54 Å². The SMILES string of the molecule is Cc1nc(-c2ccccc2)sc1CN1CCc2nc(-c3ccco3)[nH]c(=O)c2C1. The van der Waals surface area contributed by atoms with Crippen LogP contribution in [0.25, 0.3) is 22.2 Å². The van der Waals surface area contributed by atoms with Crippen LogP contribution in [0.4, 0.5) is 0 Å². The van der Waals surface area contributed by atoms with Gasteiger partial charge < -0.3 is 9.40 Å². The summed E-state index contributed by atoms with van der Waals surface area (Å²) < 4.78 is 5.37. The second-order valence-corrected chi connectivity index (χ2v) is 8.25. The number of rotatable bonds is 4. The molecule has 0 aliphatic carbocycles. The summed E-state index contributed by atoms with van der Waals surface area (Å²) in [5.41, 5.74) is 3.72. The first-order chi connectivity index (χ1) is 14.2. The summed E-state index contributed by atoms with van der Waals surface area (Å²) in [6.45, 7) is 4.29. The van der Waals surface area contributed by atoms with Crippen LogP contribution in [0.15, 0.2) is 57.9 Å². The Morgan fingerprint density at radius 2 is 2.03 bits per heavy atom. The van der Waals surface area contributed by atoms with Crippen molar-refractivity contribution in [2.45, 2.75) is 26.4 Å². The molecule has 7 heteroatoms. The number of hydrogen-bond acceptors (Lipinski definition) is 6. The summed E-state index contributed by atoms with van der Waals surface area (Å²) >= 11 is 1.73. The molecule has 0 fully saturated rings. The summed E-state index contributed by atoms with van der Waals surface area (Å²) in [5, 5.41) is 1.04. The molecule has 0 unspecified atom stereocenters. The van der Waals surface area contributed by atoms with Crippen molar-refractivity contribution < 1.29 is 4.42 Å². The number of H-pyrrole nitrogens is 1. The number of hydrogen-bond donors (Lipinski definition) is 1. The first-order valence-corrected chi connectivity index (χ1v) is 10.4. The van der Waals surface area contributed by atoms with Crippen LogP contribution in [0.3, 0.4) is 0 Å². The van der Waals surface area contributed by atoms with Crippen LogP contribution in [-0.2, 0) is 19.5 Å². The van der Waals surface area contributed by atoms with Gasteiger partial charge in [-0.05, 0) is 19.1 Å². The zero-order valence-corrected chi connectivity index (χ0v) is 16.8. The standard InChI is InChI=1S/C22H20N4O2S/c1-14-19(29-22(23-14)15-6-3-2-4-7-15)13-26-10-9-17-16(12-26)21(27)25-20(24-17)18-8-5-11-28-18/h2-8,11H,9-10,12-13H2,1H3,(H,24,25,27). The van der Waals surface area contributed by atoms with Crippen LogP contribution in [0.1, 0.15) is 21.8 Å². The molecule has 0 bridgehead atoms. The van der Waals surface area contributed by atoms with Gasteiger partial charge in [0.05, 0.1) is 23.2 Å². The number of thiazole rings is 1. The Balaban J connectivity index is 1.37. The molecule has 3 aromatic heterocycles. The summed E-state index contributed by atoms with van der Waals surface area (Å²) in [4.78, 5) is 28.4. The van der Waals surface area contributed by atoms with E-state index in [-0.39, 0.29) is 5.56 Å². The third kappa shape index (κ3) is 3.54. The monoisotopic (exact) mass is 404 g/mol. The fourth-order valence-electron chi connectivity index (χ4n) is 3.63. The lowest BCUT2D eigenvalue weighted by atomic mass is 10.1. The smallest absolute Gasteiger partial charge is 0.256 e. The summed E-state index contributed by atoms with van der Waals surface area (Å²) in [6.07, 6.45) is 2.33. The Labute approximate surface area is 171 Å². The average molecular weight is 404 g/mol. The van der Waals surface area contributed by atoms with E-state index in [4.69, 9.17) is 9.40 Å². The van der Waals surface area contributed by atoms with Crippen LogP contribution < -0.4 is 5.56 Å². The Morgan fingerprint density at radius 3 is 2.83 bits per heavy atom. The van der Waals surface area contributed by atoms with E-state index in [1.165, 1.54) is 4.88 Å². The second-order valence-electron chi connectivity index (χ2n) is 7.17. The highest BCUT2D eigenvalue weighted by molar-refractivity contribution is 7.15. The number of aromatic amines is 1. The maximum absolute atomic E-state index is 12.7. The number of nitrogens with one attached hydrogen (secondary N) is 1. The van der Waals surface area contributed by atoms with Crippen molar-refractivity contribution in [1.29, 1.82) is 0 Å². The molecular formula is C22H20N4O2S. The molecule has 1 aromatic carbocycles. The highest BCUT2D eigenvalue weighted by Gasteiger charge is 2.23. The van der Waals surface area contributed by atoms with Crippen molar-refractivity contribution >= 4 is 11.3 Å². The molecular weight excluding hydrogens is 384 g/mol. The molecule has 29 heavy (non-hydrogen) atoms. The lowest BCUT2D eigenvalue weighted by Crippen LogP contribution is -2.35. The molecule has 0 saturated carbocycles. The van der Waals surface area contributed by atoms with Gasteiger partial charge in [0, 0.05) is 36.5 Å². The van der Waals surface area contributed by atoms with Gasteiger partial charge in [0.15, 0.2) is 11.6 Å². The van der Waals surface area contributed by atoms with E-state index in [1.54, 1.807) is 29.7 Å². The van der Waals surface area contributed by atoms with Gasteiger partial charge in [0.2, 0.25) is 0 Å². The maximum atomic E-state index is 12.7. The molecule has 0 saturated heterocycles. The van der Waals surface area contributed by atoms with Crippen molar-refractivity contribution in [2.24, 2.45) is 0 Å². The molecule has 4 aromatic rings. The number of nitrogens with zero attached hydrogens (tertiary/aromatic N) is 3. The molecule has 0 radical (unpaired) electrons. The van der Waals surface area contributed by atoms with Crippen molar-refractivity contribution in [3.63, 3.8) is 0 Å². The molecule has 5 rings (SSSR count). The minimum atomic E-state index is -0.0860. The first kappa shape index (κ1) is 18.0. The normalized spacial score (nSPS) is 14.1. The molecule has 146 valence electrons.